The van der Waals surface area contributed by atoms with Crippen LogP contribution in [0, 0.1) is 5.92 Å². The highest BCUT2D eigenvalue weighted by atomic mass is 16.2. The van der Waals surface area contributed by atoms with Gasteiger partial charge in [0.25, 0.3) is 0 Å². The van der Waals surface area contributed by atoms with Gasteiger partial charge < -0.3 is 5.11 Å². The van der Waals surface area contributed by atoms with Crippen molar-refractivity contribution >= 4 is 0 Å². The minimum Gasteiger partial charge on any atom is -0.396 e. The summed E-state index contributed by atoms with van der Waals surface area (Å²) in [4.78, 5) is 0. The average molecular weight is 114 g/mol. The normalized spacial score (nSPS) is 13.2. The van der Waals surface area contributed by atoms with Crippen LogP contribution >= 0.6 is 0 Å². The molecule has 0 saturated heterocycles. The molecule has 0 rings (SSSR count). The van der Waals surface area contributed by atoms with Crippen molar-refractivity contribution in [2.75, 3.05) is 6.61 Å². The fraction of sp³-hybridized carbons (Fsp3) is 0.714. The molecule has 0 amide bonds. The minimum atomic E-state index is 0.301. The van der Waals surface area contributed by atoms with Gasteiger partial charge in [0.05, 0.1) is 0 Å². The number of rotatable bonds is 4. The zero-order valence-electron chi connectivity index (χ0n) is 5.43. The lowest BCUT2D eigenvalue weighted by Crippen LogP contribution is -1.95. The van der Waals surface area contributed by atoms with E-state index in [1.54, 1.807) is 0 Å². The maximum Gasteiger partial charge on any atom is 0.0433 e. The number of hydrogen-bond acceptors (Lipinski definition) is 1. The van der Waals surface area contributed by atoms with Gasteiger partial charge in [0.1, 0.15) is 0 Å². The molecule has 0 radical (unpaired) electrons. The molecule has 1 N–H and O–H groups in total. The van der Waals surface area contributed by atoms with Gasteiger partial charge in [-0.3, -0.25) is 0 Å². The van der Waals surface area contributed by atoms with Crippen LogP contribution in [0.15, 0.2) is 12.7 Å². The first kappa shape index (κ1) is 7.70. The van der Waals surface area contributed by atoms with Gasteiger partial charge in [-0.2, -0.15) is 0 Å². The fourth-order valence-corrected chi connectivity index (χ4v) is 0.623. The van der Waals surface area contributed by atoms with Crippen LogP contribution in [0.5, 0.6) is 0 Å². The van der Waals surface area contributed by atoms with Crippen LogP contribution < -0.4 is 0 Å². The summed E-state index contributed by atoms with van der Waals surface area (Å²) >= 11 is 0. The van der Waals surface area contributed by atoms with Gasteiger partial charge in [-0.15, -0.1) is 6.58 Å². The molecular formula is C7H14O. The average Bonchev–Trinajstić information content (AvgIpc) is 1.68. The molecule has 0 bridgehead atoms. The molecule has 0 fully saturated rings. The van der Waals surface area contributed by atoms with Gasteiger partial charge in [-0.1, -0.05) is 13.0 Å². The van der Waals surface area contributed by atoms with Crippen molar-refractivity contribution in [2.24, 2.45) is 5.92 Å². The molecule has 0 aliphatic carbocycles. The van der Waals surface area contributed by atoms with Gasteiger partial charge in [-0.25, -0.2) is 0 Å². The van der Waals surface area contributed by atoms with Crippen molar-refractivity contribution in [1.29, 1.82) is 0 Å². The molecule has 0 aromatic heterocycles. The summed E-state index contributed by atoms with van der Waals surface area (Å²) < 4.78 is 0. The Bertz CT molecular complexity index is 59.4. The van der Waals surface area contributed by atoms with E-state index in [2.05, 4.69) is 13.5 Å². The summed E-state index contributed by atoms with van der Waals surface area (Å²) in [6.45, 7) is 6.01. The Labute approximate surface area is 51.0 Å². The first-order chi connectivity index (χ1) is 3.81. The molecule has 1 atom stereocenters. The van der Waals surface area contributed by atoms with E-state index in [1.807, 2.05) is 6.08 Å². The second-order valence-electron chi connectivity index (χ2n) is 2.14. The van der Waals surface area contributed by atoms with E-state index in [-0.39, 0.29) is 0 Å². The molecule has 0 aromatic carbocycles. The van der Waals surface area contributed by atoms with Crippen LogP contribution in [0.3, 0.4) is 0 Å². The maximum atomic E-state index is 8.43. The Morgan fingerprint density at radius 2 is 2.38 bits per heavy atom. The van der Waals surface area contributed by atoms with Crippen LogP contribution in [-0.2, 0) is 0 Å². The van der Waals surface area contributed by atoms with Crippen molar-refractivity contribution < 1.29 is 5.11 Å². The zero-order chi connectivity index (χ0) is 6.41. The highest BCUT2D eigenvalue weighted by Gasteiger charge is 1.95. The molecule has 1 unspecified atom stereocenters. The molecule has 1 nitrogen and oxygen atoms in total. The third kappa shape index (κ3) is 3.88. The first-order valence-corrected chi connectivity index (χ1v) is 3.03. The maximum absolute atomic E-state index is 8.43. The zero-order valence-corrected chi connectivity index (χ0v) is 5.43. The molecule has 1 heteroatoms. The number of aliphatic hydroxyl groups is 1. The van der Waals surface area contributed by atoms with Gasteiger partial charge in [0, 0.05) is 6.61 Å². The van der Waals surface area contributed by atoms with Gasteiger partial charge in [-0.05, 0) is 18.8 Å². The third-order valence-corrected chi connectivity index (χ3v) is 1.19. The molecule has 0 saturated carbocycles. The lowest BCUT2D eigenvalue weighted by Gasteiger charge is -2.03. The van der Waals surface area contributed by atoms with Crippen LogP contribution in [0.25, 0.3) is 0 Å². The number of allylic oxidation sites excluding steroid dienone is 1. The Hall–Kier alpha value is -0.300. The lowest BCUT2D eigenvalue weighted by molar-refractivity contribution is 0.263. The monoisotopic (exact) mass is 114 g/mol. The standard InChI is InChI=1S/C7H14O/c1-3-4-7(2)5-6-8/h3,7-8H,1,4-6H2,2H3. The smallest absolute Gasteiger partial charge is 0.0433 e. The molecule has 0 aliphatic rings. The van der Waals surface area contributed by atoms with Crippen molar-refractivity contribution in [3.8, 4) is 0 Å². The summed E-state index contributed by atoms with van der Waals surface area (Å²) in [7, 11) is 0. The Balaban J connectivity index is 3.03. The van der Waals surface area contributed by atoms with Crippen LogP contribution in [-0.4, -0.2) is 11.7 Å². The molecule has 0 heterocycles. The van der Waals surface area contributed by atoms with Gasteiger partial charge >= 0.3 is 0 Å². The Morgan fingerprint density at radius 1 is 1.75 bits per heavy atom. The van der Waals surface area contributed by atoms with Crippen molar-refractivity contribution in [3.63, 3.8) is 0 Å². The molecule has 48 valence electrons. The lowest BCUT2D eigenvalue weighted by atomic mass is 10.1. The highest BCUT2D eigenvalue weighted by molar-refractivity contribution is 4.69. The van der Waals surface area contributed by atoms with E-state index in [0.717, 1.165) is 12.8 Å². The van der Waals surface area contributed by atoms with Gasteiger partial charge in [0.15, 0.2) is 0 Å². The van der Waals surface area contributed by atoms with E-state index in [1.165, 1.54) is 0 Å². The number of aliphatic hydroxyl groups excluding tert-OH is 1. The van der Waals surface area contributed by atoms with E-state index in [0.29, 0.717) is 12.5 Å². The molecule has 0 spiro atoms. The van der Waals surface area contributed by atoms with Crippen molar-refractivity contribution in [2.45, 2.75) is 19.8 Å². The largest absolute Gasteiger partial charge is 0.396 e. The predicted octanol–water partition coefficient (Wildman–Crippen LogP) is 1.58. The molecular weight excluding hydrogens is 100 g/mol. The minimum absolute atomic E-state index is 0.301. The summed E-state index contributed by atoms with van der Waals surface area (Å²) in [5.41, 5.74) is 0. The van der Waals surface area contributed by atoms with Crippen LogP contribution in [0.1, 0.15) is 19.8 Å². The Kier molecular flexibility index (Phi) is 4.67. The van der Waals surface area contributed by atoms with E-state index in [9.17, 15) is 0 Å². The first-order valence-electron chi connectivity index (χ1n) is 3.03. The SMILES string of the molecule is C=CCC(C)CCO. The van der Waals surface area contributed by atoms with Gasteiger partial charge in [0.2, 0.25) is 0 Å². The molecule has 8 heavy (non-hydrogen) atoms. The fourth-order valence-electron chi connectivity index (χ4n) is 0.623. The highest BCUT2D eigenvalue weighted by Crippen LogP contribution is 2.05. The number of hydrogen-bond donors (Lipinski definition) is 1. The van der Waals surface area contributed by atoms with Crippen LogP contribution in [0.4, 0.5) is 0 Å². The topological polar surface area (TPSA) is 20.2 Å². The second kappa shape index (κ2) is 4.85. The third-order valence-electron chi connectivity index (χ3n) is 1.19. The van der Waals surface area contributed by atoms with Crippen LogP contribution in [0.2, 0.25) is 0 Å². The summed E-state index contributed by atoms with van der Waals surface area (Å²) in [6.07, 6.45) is 3.80. The molecule has 0 aliphatic heterocycles. The van der Waals surface area contributed by atoms with Crippen molar-refractivity contribution in [1.82, 2.24) is 0 Å². The second-order valence-corrected chi connectivity index (χ2v) is 2.14. The quantitative estimate of drug-likeness (QED) is 0.550. The van der Waals surface area contributed by atoms with E-state index >= 15 is 0 Å². The van der Waals surface area contributed by atoms with E-state index in [4.69, 9.17) is 5.11 Å². The van der Waals surface area contributed by atoms with E-state index < -0.39 is 0 Å². The predicted molar refractivity (Wildman–Crippen MR) is 35.7 cm³/mol. The Morgan fingerprint density at radius 3 is 2.75 bits per heavy atom. The molecule has 0 aromatic rings. The summed E-state index contributed by atoms with van der Waals surface area (Å²) in [5, 5.41) is 8.43. The van der Waals surface area contributed by atoms with Crippen molar-refractivity contribution in [3.05, 3.63) is 12.7 Å². The summed E-state index contributed by atoms with van der Waals surface area (Å²) in [5.74, 6) is 0.595. The summed E-state index contributed by atoms with van der Waals surface area (Å²) in [6, 6.07) is 0.